The molecule has 202 valence electrons. The van der Waals surface area contributed by atoms with Gasteiger partial charge in [-0.25, -0.2) is 8.42 Å². The number of nitrogens with zero attached hydrogens (tertiary/aromatic N) is 2. The van der Waals surface area contributed by atoms with Crippen LogP contribution in [0.5, 0.6) is 0 Å². The molecule has 0 spiro atoms. The summed E-state index contributed by atoms with van der Waals surface area (Å²) in [7, 11) is -3.76. The van der Waals surface area contributed by atoms with E-state index < -0.39 is 28.5 Å². The van der Waals surface area contributed by atoms with Crippen molar-refractivity contribution in [1.82, 2.24) is 10.2 Å². The molecule has 38 heavy (non-hydrogen) atoms. The van der Waals surface area contributed by atoms with Crippen molar-refractivity contribution in [2.75, 3.05) is 23.7 Å². The lowest BCUT2D eigenvalue weighted by atomic mass is 10.0. The molecule has 1 atom stereocenters. The Morgan fingerprint density at radius 3 is 2.13 bits per heavy atom. The average Bonchev–Trinajstić information content (AvgIpc) is 2.89. The Balaban J connectivity index is 2.01. The predicted octanol–water partition coefficient (Wildman–Crippen LogP) is 4.32. The monoisotopic (exact) mass is 535 g/mol. The third-order valence-electron chi connectivity index (χ3n) is 6.26. The minimum Gasteiger partial charge on any atom is -0.354 e. The van der Waals surface area contributed by atoms with E-state index in [0.29, 0.717) is 18.7 Å². The normalized spacial score (nSPS) is 12.0. The summed E-state index contributed by atoms with van der Waals surface area (Å²) >= 11 is 0. The second-order valence-electron chi connectivity index (χ2n) is 9.47. The molecule has 0 heterocycles. The number of aryl methyl sites for hydroxylation is 1. The number of amides is 2. The van der Waals surface area contributed by atoms with Gasteiger partial charge in [-0.15, -0.1) is 0 Å². The first-order chi connectivity index (χ1) is 18.2. The molecule has 2 amide bonds. The molecular formula is C30H37N3O4S. The Kier molecular flexibility index (Phi) is 10.5. The summed E-state index contributed by atoms with van der Waals surface area (Å²) in [5, 5.41) is 2.99. The molecule has 3 aromatic carbocycles. The fourth-order valence-corrected chi connectivity index (χ4v) is 5.12. The quantitative estimate of drug-likeness (QED) is 0.330. The maximum atomic E-state index is 14.0. The first kappa shape index (κ1) is 28.9. The van der Waals surface area contributed by atoms with Crippen molar-refractivity contribution in [2.24, 2.45) is 0 Å². The molecule has 1 N–H and O–H groups in total. The van der Waals surface area contributed by atoms with Gasteiger partial charge in [0, 0.05) is 19.5 Å². The van der Waals surface area contributed by atoms with E-state index in [1.165, 1.54) is 4.90 Å². The highest BCUT2D eigenvalue weighted by molar-refractivity contribution is 7.92. The summed E-state index contributed by atoms with van der Waals surface area (Å²) in [6.45, 7) is 4.28. The van der Waals surface area contributed by atoms with Crippen LogP contribution in [0, 0.1) is 6.92 Å². The van der Waals surface area contributed by atoms with Crippen molar-refractivity contribution >= 4 is 27.5 Å². The van der Waals surface area contributed by atoms with E-state index in [1.54, 1.807) is 30.3 Å². The Labute approximate surface area is 226 Å². The summed E-state index contributed by atoms with van der Waals surface area (Å²) in [4.78, 5) is 29.0. The minimum absolute atomic E-state index is 0.172. The standard InChI is InChI=1S/C30H37N3O4S/c1-4-5-19-31-30(35)28(21-25-14-8-6-9-15-25)32(22-26-16-12-13-24(2)20-26)29(34)23-33(38(3,36)37)27-17-10-7-11-18-27/h6-18,20,28H,4-5,19,21-23H2,1-3H3,(H,31,35)/t28-/m1/s1. The molecule has 0 radical (unpaired) electrons. The van der Waals surface area contributed by atoms with E-state index in [2.05, 4.69) is 5.32 Å². The van der Waals surface area contributed by atoms with E-state index in [9.17, 15) is 18.0 Å². The third kappa shape index (κ3) is 8.45. The van der Waals surface area contributed by atoms with Gasteiger partial charge in [-0.1, -0.05) is 91.7 Å². The molecule has 0 aliphatic heterocycles. The highest BCUT2D eigenvalue weighted by Gasteiger charge is 2.32. The van der Waals surface area contributed by atoms with Gasteiger partial charge in [-0.2, -0.15) is 0 Å². The van der Waals surface area contributed by atoms with Gasteiger partial charge in [0.2, 0.25) is 21.8 Å². The number of hydrogen-bond acceptors (Lipinski definition) is 4. The maximum absolute atomic E-state index is 14.0. The lowest BCUT2D eigenvalue weighted by Crippen LogP contribution is -2.53. The van der Waals surface area contributed by atoms with Gasteiger partial charge in [0.25, 0.3) is 0 Å². The number of unbranched alkanes of at least 4 members (excludes halogenated alkanes) is 1. The van der Waals surface area contributed by atoms with Crippen molar-refractivity contribution in [3.8, 4) is 0 Å². The Bertz CT molecular complexity index is 1300. The lowest BCUT2D eigenvalue weighted by molar-refractivity contribution is -0.140. The summed E-state index contributed by atoms with van der Waals surface area (Å²) in [6, 6.07) is 25.0. The maximum Gasteiger partial charge on any atom is 0.244 e. The van der Waals surface area contributed by atoms with Crippen LogP contribution in [0.25, 0.3) is 0 Å². The van der Waals surface area contributed by atoms with Gasteiger partial charge in [-0.3, -0.25) is 13.9 Å². The Morgan fingerprint density at radius 2 is 1.53 bits per heavy atom. The zero-order valence-corrected chi connectivity index (χ0v) is 23.2. The van der Waals surface area contributed by atoms with Gasteiger partial charge in [0.1, 0.15) is 12.6 Å². The largest absolute Gasteiger partial charge is 0.354 e. The number of rotatable bonds is 13. The number of hydrogen-bond donors (Lipinski definition) is 1. The first-order valence-corrected chi connectivity index (χ1v) is 14.7. The number of carbonyl (C=O) groups is 2. The molecule has 0 unspecified atom stereocenters. The minimum atomic E-state index is -3.76. The van der Waals surface area contributed by atoms with Crippen LogP contribution in [0.4, 0.5) is 5.69 Å². The van der Waals surface area contributed by atoms with Gasteiger partial charge < -0.3 is 10.2 Å². The average molecular weight is 536 g/mol. The molecule has 3 rings (SSSR count). The second-order valence-corrected chi connectivity index (χ2v) is 11.4. The fourth-order valence-electron chi connectivity index (χ4n) is 4.28. The first-order valence-electron chi connectivity index (χ1n) is 12.9. The molecule has 0 aromatic heterocycles. The molecule has 0 saturated heterocycles. The van der Waals surface area contributed by atoms with Gasteiger partial charge in [0.15, 0.2) is 0 Å². The topological polar surface area (TPSA) is 86.8 Å². The van der Waals surface area contributed by atoms with E-state index in [-0.39, 0.29) is 12.5 Å². The lowest BCUT2D eigenvalue weighted by Gasteiger charge is -2.33. The van der Waals surface area contributed by atoms with Crippen molar-refractivity contribution in [3.05, 3.63) is 102 Å². The summed E-state index contributed by atoms with van der Waals surface area (Å²) in [5.41, 5.74) is 3.20. The van der Waals surface area contributed by atoms with E-state index in [1.807, 2.05) is 68.4 Å². The number of anilines is 1. The molecule has 0 aliphatic carbocycles. The van der Waals surface area contributed by atoms with E-state index in [4.69, 9.17) is 0 Å². The molecular weight excluding hydrogens is 498 g/mol. The van der Waals surface area contributed by atoms with Crippen molar-refractivity contribution < 1.29 is 18.0 Å². The predicted molar refractivity (Wildman–Crippen MR) is 152 cm³/mol. The number of benzene rings is 3. The van der Waals surface area contributed by atoms with Crippen LogP contribution in [0.1, 0.15) is 36.5 Å². The van der Waals surface area contributed by atoms with Crippen LogP contribution < -0.4 is 9.62 Å². The molecule has 3 aromatic rings. The third-order valence-corrected chi connectivity index (χ3v) is 7.40. The zero-order valence-electron chi connectivity index (χ0n) is 22.3. The van der Waals surface area contributed by atoms with Crippen LogP contribution in [0.2, 0.25) is 0 Å². The Hall–Kier alpha value is -3.65. The zero-order chi connectivity index (χ0) is 27.5. The SMILES string of the molecule is CCCCNC(=O)[C@@H](Cc1ccccc1)N(Cc1cccc(C)c1)C(=O)CN(c1ccccc1)S(C)(=O)=O. The van der Waals surface area contributed by atoms with Gasteiger partial charge in [-0.05, 0) is 36.6 Å². The van der Waals surface area contributed by atoms with Gasteiger partial charge >= 0.3 is 0 Å². The second kappa shape index (κ2) is 13.8. The molecule has 0 bridgehead atoms. The van der Waals surface area contributed by atoms with Crippen molar-refractivity contribution in [1.29, 1.82) is 0 Å². The van der Waals surface area contributed by atoms with Gasteiger partial charge in [0.05, 0.1) is 11.9 Å². The highest BCUT2D eigenvalue weighted by Crippen LogP contribution is 2.20. The van der Waals surface area contributed by atoms with E-state index in [0.717, 1.165) is 40.1 Å². The number of carbonyl (C=O) groups excluding carboxylic acids is 2. The number of para-hydroxylation sites is 1. The van der Waals surface area contributed by atoms with Crippen LogP contribution in [-0.4, -0.2) is 50.5 Å². The van der Waals surface area contributed by atoms with Crippen LogP contribution in [0.15, 0.2) is 84.9 Å². The molecule has 0 saturated carbocycles. The van der Waals surface area contributed by atoms with Crippen molar-refractivity contribution in [3.63, 3.8) is 0 Å². The van der Waals surface area contributed by atoms with Crippen LogP contribution >= 0.6 is 0 Å². The van der Waals surface area contributed by atoms with Crippen molar-refractivity contribution in [2.45, 2.75) is 45.7 Å². The summed E-state index contributed by atoms with van der Waals surface area (Å²) < 4.78 is 26.6. The number of nitrogens with one attached hydrogen (secondary N) is 1. The van der Waals surface area contributed by atoms with Crippen LogP contribution in [-0.2, 0) is 32.6 Å². The molecule has 8 heteroatoms. The van der Waals surface area contributed by atoms with Crippen LogP contribution in [0.3, 0.4) is 0 Å². The summed E-state index contributed by atoms with van der Waals surface area (Å²) in [6.07, 6.45) is 3.14. The highest BCUT2D eigenvalue weighted by atomic mass is 32.2. The number of sulfonamides is 1. The Morgan fingerprint density at radius 1 is 0.895 bits per heavy atom. The molecule has 0 fully saturated rings. The van der Waals surface area contributed by atoms with E-state index >= 15 is 0 Å². The fraction of sp³-hybridized carbons (Fsp3) is 0.333. The summed E-state index contributed by atoms with van der Waals surface area (Å²) in [5.74, 6) is -0.707. The molecule has 7 nitrogen and oxygen atoms in total. The molecule has 0 aliphatic rings. The smallest absolute Gasteiger partial charge is 0.244 e.